The zero-order chi connectivity index (χ0) is 15.4. The standard InChI is InChI=1S/C16H17F3N2/c1-21(15-8-3-2-6-12(15)17)10-9-14(20)11-5-4-7-13(18)16(11)19/h2-8,14H,9-10,20H2,1H3. The Hall–Kier alpha value is -2.01. The number of benzene rings is 2. The molecule has 21 heavy (non-hydrogen) atoms. The minimum atomic E-state index is -0.918. The summed E-state index contributed by atoms with van der Waals surface area (Å²) in [4.78, 5) is 1.70. The van der Waals surface area contributed by atoms with E-state index in [9.17, 15) is 13.2 Å². The van der Waals surface area contributed by atoms with Gasteiger partial charge in [0, 0.05) is 25.2 Å². The van der Waals surface area contributed by atoms with Gasteiger partial charge in [-0.15, -0.1) is 0 Å². The lowest BCUT2D eigenvalue weighted by Gasteiger charge is -2.22. The normalized spacial score (nSPS) is 12.2. The molecule has 0 fully saturated rings. The van der Waals surface area contributed by atoms with E-state index >= 15 is 0 Å². The number of halogens is 3. The van der Waals surface area contributed by atoms with Crippen molar-refractivity contribution in [3.63, 3.8) is 0 Å². The van der Waals surface area contributed by atoms with Crippen molar-refractivity contribution < 1.29 is 13.2 Å². The summed E-state index contributed by atoms with van der Waals surface area (Å²) in [5.74, 6) is -2.16. The maximum atomic E-state index is 13.6. The van der Waals surface area contributed by atoms with Gasteiger partial charge in [-0.25, -0.2) is 13.2 Å². The molecule has 2 rings (SSSR count). The first-order valence-corrected chi connectivity index (χ1v) is 6.66. The van der Waals surface area contributed by atoms with Crippen LogP contribution in [0, 0.1) is 17.5 Å². The average Bonchev–Trinajstić information content (AvgIpc) is 2.47. The molecule has 1 unspecified atom stereocenters. The number of nitrogens with two attached hydrogens (primary N) is 1. The summed E-state index contributed by atoms with van der Waals surface area (Å²) in [6, 6.07) is 9.68. The Morgan fingerprint density at radius 2 is 1.67 bits per heavy atom. The summed E-state index contributed by atoms with van der Waals surface area (Å²) in [5.41, 5.74) is 6.49. The van der Waals surface area contributed by atoms with Gasteiger partial charge in [0.25, 0.3) is 0 Å². The maximum absolute atomic E-state index is 13.6. The number of rotatable bonds is 5. The number of anilines is 1. The van der Waals surface area contributed by atoms with Crippen molar-refractivity contribution in [3.8, 4) is 0 Å². The van der Waals surface area contributed by atoms with Crippen molar-refractivity contribution in [3.05, 3.63) is 65.5 Å². The number of hydrogen-bond donors (Lipinski definition) is 1. The molecule has 0 saturated carbocycles. The highest BCUT2D eigenvalue weighted by Gasteiger charge is 2.16. The van der Waals surface area contributed by atoms with E-state index in [0.717, 1.165) is 6.07 Å². The van der Waals surface area contributed by atoms with Gasteiger partial charge in [-0.1, -0.05) is 24.3 Å². The van der Waals surface area contributed by atoms with Crippen LogP contribution in [0.4, 0.5) is 18.9 Å². The van der Waals surface area contributed by atoms with Crippen LogP contribution in [0.3, 0.4) is 0 Å². The highest BCUT2D eigenvalue weighted by Crippen LogP contribution is 2.22. The molecule has 2 aromatic carbocycles. The second kappa shape index (κ2) is 6.63. The van der Waals surface area contributed by atoms with Crippen LogP contribution >= 0.6 is 0 Å². The van der Waals surface area contributed by atoms with Crippen LogP contribution in [0.15, 0.2) is 42.5 Å². The van der Waals surface area contributed by atoms with Gasteiger partial charge < -0.3 is 10.6 Å². The Labute approximate surface area is 122 Å². The second-order valence-electron chi connectivity index (χ2n) is 4.91. The summed E-state index contributed by atoms with van der Waals surface area (Å²) in [7, 11) is 1.73. The molecule has 0 amide bonds. The lowest BCUT2D eigenvalue weighted by atomic mass is 10.0. The molecule has 0 radical (unpaired) electrons. The van der Waals surface area contributed by atoms with Gasteiger partial charge in [0.2, 0.25) is 0 Å². The monoisotopic (exact) mass is 294 g/mol. The minimum absolute atomic E-state index is 0.136. The molecule has 0 aromatic heterocycles. The Morgan fingerprint density at radius 1 is 1.00 bits per heavy atom. The van der Waals surface area contributed by atoms with E-state index in [2.05, 4.69) is 0 Å². The van der Waals surface area contributed by atoms with E-state index in [1.807, 2.05) is 0 Å². The first kappa shape index (κ1) is 15.4. The van der Waals surface area contributed by atoms with E-state index in [0.29, 0.717) is 18.7 Å². The lowest BCUT2D eigenvalue weighted by molar-refractivity contribution is 0.483. The van der Waals surface area contributed by atoms with Crippen molar-refractivity contribution in [2.45, 2.75) is 12.5 Å². The van der Waals surface area contributed by atoms with Crippen molar-refractivity contribution in [2.75, 3.05) is 18.5 Å². The molecule has 0 aliphatic carbocycles. The summed E-state index contributed by atoms with van der Waals surface area (Å²) in [6.45, 7) is 0.429. The largest absolute Gasteiger partial charge is 0.372 e. The van der Waals surface area contributed by atoms with E-state index in [1.54, 1.807) is 30.1 Å². The first-order chi connectivity index (χ1) is 10.0. The zero-order valence-corrected chi connectivity index (χ0v) is 11.7. The van der Waals surface area contributed by atoms with Crippen molar-refractivity contribution >= 4 is 5.69 Å². The van der Waals surface area contributed by atoms with Gasteiger partial charge in [0.1, 0.15) is 5.82 Å². The van der Waals surface area contributed by atoms with Gasteiger partial charge in [-0.2, -0.15) is 0 Å². The molecule has 2 N–H and O–H groups in total. The molecule has 0 aliphatic rings. The van der Waals surface area contributed by atoms with Crippen molar-refractivity contribution in [2.24, 2.45) is 5.73 Å². The fraction of sp³-hybridized carbons (Fsp3) is 0.250. The smallest absolute Gasteiger partial charge is 0.163 e. The van der Waals surface area contributed by atoms with Gasteiger partial charge in [0.15, 0.2) is 11.6 Å². The van der Waals surface area contributed by atoms with E-state index in [-0.39, 0.29) is 11.4 Å². The third-order valence-corrected chi connectivity index (χ3v) is 3.42. The summed E-state index contributed by atoms with van der Waals surface area (Å²) >= 11 is 0. The SMILES string of the molecule is CN(CCC(N)c1cccc(F)c1F)c1ccccc1F. The van der Waals surface area contributed by atoms with Crippen molar-refractivity contribution in [1.82, 2.24) is 0 Å². The predicted octanol–water partition coefficient (Wildman–Crippen LogP) is 3.63. The summed E-state index contributed by atoms with van der Waals surface area (Å²) in [5, 5.41) is 0. The molecule has 1 atom stereocenters. The van der Waals surface area contributed by atoms with Crippen LogP contribution in [0.5, 0.6) is 0 Å². The molecule has 0 bridgehead atoms. The van der Waals surface area contributed by atoms with E-state index < -0.39 is 17.7 Å². The predicted molar refractivity (Wildman–Crippen MR) is 77.6 cm³/mol. The molecule has 0 spiro atoms. The molecule has 0 saturated heterocycles. The Morgan fingerprint density at radius 3 is 2.38 bits per heavy atom. The van der Waals surface area contributed by atoms with Crippen LogP contribution in [0.25, 0.3) is 0 Å². The average molecular weight is 294 g/mol. The fourth-order valence-electron chi connectivity index (χ4n) is 2.18. The van der Waals surface area contributed by atoms with E-state index in [4.69, 9.17) is 5.73 Å². The van der Waals surface area contributed by atoms with Gasteiger partial charge in [-0.3, -0.25) is 0 Å². The van der Waals surface area contributed by atoms with Gasteiger partial charge >= 0.3 is 0 Å². The quantitative estimate of drug-likeness (QED) is 0.912. The molecule has 0 aliphatic heterocycles. The van der Waals surface area contributed by atoms with Crippen LogP contribution in [-0.2, 0) is 0 Å². The zero-order valence-electron chi connectivity index (χ0n) is 11.7. The van der Waals surface area contributed by atoms with Crippen LogP contribution in [-0.4, -0.2) is 13.6 Å². The summed E-state index contributed by atoms with van der Waals surface area (Å²) < 4.78 is 40.4. The number of para-hydroxylation sites is 1. The fourth-order valence-corrected chi connectivity index (χ4v) is 2.18. The minimum Gasteiger partial charge on any atom is -0.372 e. The van der Waals surface area contributed by atoms with Crippen LogP contribution in [0.1, 0.15) is 18.0 Å². The molecule has 112 valence electrons. The van der Waals surface area contributed by atoms with E-state index in [1.165, 1.54) is 18.2 Å². The van der Waals surface area contributed by atoms with Gasteiger partial charge in [0.05, 0.1) is 5.69 Å². The van der Waals surface area contributed by atoms with Gasteiger partial charge in [-0.05, 0) is 24.6 Å². The molecule has 5 heteroatoms. The highest BCUT2D eigenvalue weighted by molar-refractivity contribution is 5.46. The first-order valence-electron chi connectivity index (χ1n) is 6.66. The lowest BCUT2D eigenvalue weighted by Crippen LogP contribution is -2.24. The molecule has 2 nitrogen and oxygen atoms in total. The number of hydrogen-bond acceptors (Lipinski definition) is 2. The molecule has 2 aromatic rings. The maximum Gasteiger partial charge on any atom is 0.163 e. The van der Waals surface area contributed by atoms with Crippen LogP contribution < -0.4 is 10.6 Å². The van der Waals surface area contributed by atoms with Crippen LogP contribution in [0.2, 0.25) is 0 Å². The Balaban J connectivity index is 2.03. The summed E-state index contributed by atoms with van der Waals surface area (Å²) in [6.07, 6.45) is 0.380. The topological polar surface area (TPSA) is 29.3 Å². The Bertz CT molecular complexity index is 616. The highest BCUT2D eigenvalue weighted by atomic mass is 19.2. The third kappa shape index (κ3) is 3.55. The van der Waals surface area contributed by atoms with Crippen molar-refractivity contribution in [1.29, 1.82) is 0 Å². The number of nitrogens with zero attached hydrogens (tertiary/aromatic N) is 1. The third-order valence-electron chi connectivity index (χ3n) is 3.42. The molecule has 0 heterocycles. The Kier molecular flexibility index (Phi) is 4.85. The molecular formula is C16H17F3N2. The molecular weight excluding hydrogens is 277 g/mol. The second-order valence-corrected chi connectivity index (χ2v) is 4.91.